The minimum atomic E-state index is -0.892. The van der Waals surface area contributed by atoms with Crippen molar-refractivity contribution in [1.29, 1.82) is 0 Å². The average molecular weight is 317 g/mol. The first-order valence-electron chi connectivity index (χ1n) is 7.95. The van der Waals surface area contributed by atoms with Crippen LogP contribution in [0.25, 0.3) is 0 Å². The minimum absolute atomic E-state index is 0.0471. The molecule has 0 bridgehead atoms. The molecule has 0 unspecified atom stereocenters. The zero-order valence-electron chi connectivity index (χ0n) is 13.4. The number of hydrogen-bond donors (Lipinski definition) is 1. The third kappa shape index (κ3) is 4.84. The normalized spacial score (nSPS) is 21.3. The van der Waals surface area contributed by atoms with Crippen molar-refractivity contribution in [2.24, 2.45) is 0 Å². The number of allylic oxidation sites excluding steroid dienone is 1. The number of hydrogen-bond acceptors (Lipinski definition) is 3. The molecule has 2 rings (SSSR count). The van der Waals surface area contributed by atoms with Crippen LogP contribution in [0.4, 0.5) is 4.79 Å². The Hall–Kier alpha value is -2.30. The molecule has 0 saturated carbocycles. The molecule has 1 heterocycles. The van der Waals surface area contributed by atoms with E-state index in [0.717, 1.165) is 18.4 Å². The van der Waals surface area contributed by atoms with Crippen LogP contribution in [0.2, 0.25) is 0 Å². The molecule has 5 nitrogen and oxygen atoms in total. The predicted molar refractivity (Wildman–Crippen MR) is 87.0 cm³/mol. The molecule has 1 amide bonds. The number of benzene rings is 1. The van der Waals surface area contributed by atoms with Gasteiger partial charge in [0.2, 0.25) is 0 Å². The second kappa shape index (κ2) is 8.36. The van der Waals surface area contributed by atoms with Crippen LogP contribution in [0, 0.1) is 0 Å². The van der Waals surface area contributed by atoms with E-state index in [1.807, 2.05) is 49.4 Å². The first-order chi connectivity index (χ1) is 11.1. The monoisotopic (exact) mass is 317 g/mol. The molecule has 1 fully saturated rings. The molecule has 1 aromatic carbocycles. The van der Waals surface area contributed by atoms with Crippen LogP contribution in [0.5, 0.6) is 0 Å². The summed E-state index contributed by atoms with van der Waals surface area (Å²) < 4.78 is 5.42. The molecular weight excluding hydrogens is 294 g/mol. The van der Waals surface area contributed by atoms with E-state index in [1.54, 1.807) is 4.90 Å². The van der Waals surface area contributed by atoms with Crippen LogP contribution in [0.1, 0.15) is 38.2 Å². The first kappa shape index (κ1) is 17.1. The molecule has 2 atom stereocenters. The molecule has 0 aromatic heterocycles. The second-order valence-corrected chi connectivity index (χ2v) is 5.72. The lowest BCUT2D eigenvalue weighted by Crippen LogP contribution is -2.50. The van der Waals surface area contributed by atoms with Gasteiger partial charge in [-0.25, -0.2) is 4.79 Å². The van der Waals surface area contributed by atoms with Crippen molar-refractivity contribution in [1.82, 2.24) is 4.90 Å². The van der Waals surface area contributed by atoms with Gasteiger partial charge >= 0.3 is 12.1 Å². The van der Waals surface area contributed by atoms with Crippen LogP contribution in [-0.2, 0) is 16.1 Å². The van der Waals surface area contributed by atoms with E-state index in [0.29, 0.717) is 6.42 Å². The molecule has 1 aliphatic rings. The van der Waals surface area contributed by atoms with Gasteiger partial charge in [0, 0.05) is 6.04 Å². The Labute approximate surface area is 136 Å². The van der Waals surface area contributed by atoms with Gasteiger partial charge in [0.1, 0.15) is 6.61 Å². The van der Waals surface area contributed by atoms with Crippen molar-refractivity contribution in [3.8, 4) is 0 Å². The van der Waals surface area contributed by atoms with Crippen molar-refractivity contribution >= 4 is 12.1 Å². The van der Waals surface area contributed by atoms with Gasteiger partial charge in [-0.1, -0.05) is 42.5 Å². The SMILES string of the molecule is C/C=C/[C@@H]1CCC[C@H](CC(=O)O)N1C(=O)OCc1ccccc1. The molecule has 0 spiro atoms. The molecule has 1 aromatic rings. The Balaban J connectivity index is 2.07. The van der Waals surface area contributed by atoms with E-state index in [2.05, 4.69) is 0 Å². The van der Waals surface area contributed by atoms with E-state index in [9.17, 15) is 9.59 Å². The molecule has 1 N–H and O–H groups in total. The molecule has 5 heteroatoms. The van der Waals surface area contributed by atoms with Gasteiger partial charge in [0.25, 0.3) is 0 Å². The molecular formula is C18H23NO4. The van der Waals surface area contributed by atoms with Crippen molar-refractivity contribution in [2.75, 3.05) is 0 Å². The molecule has 124 valence electrons. The standard InChI is InChI=1S/C18H23NO4/c1-2-7-15-10-6-11-16(12-17(20)21)19(15)18(22)23-13-14-8-4-3-5-9-14/h2-5,7-9,15-16H,6,10-13H2,1H3,(H,20,21)/b7-2+/t15-,16-/m1/s1. The van der Waals surface area contributed by atoms with E-state index >= 15 is 0 Å². The predicted octanol–water partition coefficient (Wildman–Crippen LogP) is 3.60. The number of carbonyl (C=O) groups excluding carboxylic acids is 1. The average Bonchev–Trinajstić information content (AvgIpc) is 2.53. The van der Waals surface area contributed by atoms with Crippen LogP contribution >= 0.6 is 0 Å². The fourth-order valence-corrected chi connectivity index (χ4v) is 3.00. The topological polar surface area (TPSA) is 66.8 Å². The fourth-order valence-electron chi connectivity index (χ4n) is 3.00. The van der Waals surface area contributed by atoms with E-state index < -0.39 is 12.1 Å². The summed E-state index contributed by atoms with van der Waals surface area (Å²) in [6.07, 6.45) is 5.79. The number of rotatable bonds is 5. The Bertz CT molecular complexity index is 555. The molecule has 1 aliphatic heterocycles. The van der Waals surface area contributed by atoms with Crippen LogP contribution < -0.4 is 0 Å². The summed E-state index contributed by atoms with van der Waals surface area (Å²) in [5, 5.41) is 9.09. The van der Waals surface area contributed by atoms with Crippen molar-refractivity contribution in [3.05, 3.63) is 48.0 Å². The number of likely N-dealkylation sites (tertiary alicyclic amines) is 1. The zero-order chi connectivity index (χ0) is 16.7. The number of carboxylic acid groups (broad SMARTS) is 1. The maximum absolute atomic E-state index is 12.5. The molecule has 1 saturated heterocycles. The second-order valence-electron chi connectivity index (χ2n) is 5.72. The summed E-state index contributed by atoms with van der Waals surface area (Å²) in [7, 11) is 0. The van der Waals surface area contributed by atoms with Crippen molar-refractivity contribution in [2.45, 2.75) is 51.3 Å². The van der Waals surface area contributed by atoms with Gasteiger partial charge in [0.05, 0.1) is 12.5 Å². The van der Waals surface area contributed by atoms with E-state index in [-0.39, 0.29) is 25.1 Å². The van der Waals surface area contributed by atoms with E-state index in [4.69, 9.17) is 9.84 Å². The lowest BCUT2D eigenvalue weighted by molar-refractivity contribution is -0.138. The largest absolute Gasteiger partial charge is 0.481 e. The highest BCUT2D eigenvalue weighted by Gasteiger charge is 2.35. The van der Waals surface area contributed by atoms with E-state index in [1.165, 1.54) is 0 Å². The summed E-state index contributed by atoms with van der Waals surface area (Å²) in [5.41, 5.74) is 0.912. The number of amides is 1. The lowest BCUT2D eigenvalue weighted by Gasteiger charge is -2.39. The third-order valence-electron chi connectivity index (χ3n) is 4.03. The number of aliphatic carboxylic acids is 1. The van der Waals surface area contributed by atoms with Gasteiger partial charge in [-0.05, 0) is 31.7 Å². The van der Waals surface area contributed by atoms with Gasteiger partial charge in [-0.15, -0.1) is 0 Å². The highest BCUT2D eigenvalue weighted by Crippen LogP contribution is 2.27. The number of ether oxygens (including phenoxy) is 1. The highest BCUT2D eigenvalue weighted by atomic mass is 16.6. The Morgan fingerprint density at radius 2 is 2.04 bits per heavy atom. The lowest BCUT2D eigenvalue weighted by atomic mass is 9.93. The van der Waals surface area contributed by atoms with Crippen molar-refractivity contribution < 1.29 is 19.4 Å². The fraction of sp³-hybridized carbons (Fsp3) is 0.444. The number of carbonyl (C=O) groups is 2. The summed E-state index contributed by atoms with van der Waals surface area (Å²) in [6.45, 7) is 2.09. The molecule has 0 radical (unpaired) electrons. The molecule has 23 heavy (non-hydrogen) atoms. The quantitative estimate of drug-likeness (QED) is 0.843. The summed E-state index contributed by atoms with van der Waals surface area (Å²) >= 11 is 0. The number of piperidine rings is 1. The molecule has 0 aliphatic carbocycles. The Morgan fingerprint density at radius 1 is 1.30 bits per heavy atom. The summed E-state index contributed by atoms with van der Waals surface area (Å²) in [4.78, 5) is 25.2. The summed E-state index contributed by atoms with van der Waals surface area (Å²) in [6, 6.07) is 9.05. The maximum atomic E-state index is 12.5. The minimum Gasteiger partial charge on any atom is -0.481 e. The zero-order valence-corrected chi connectivity index (χ0v) is 13.4. The van der Waals surface area contributed by atoms with Crippen LogP contribution in [0.3, 0.4) is 0 Å². The van der Waals surface area contributed by atoms with Crippen molar-refractivity contribution in [3.63, 3.8) is 0 Å². The van der Waals surface area contributed by atoms with Crippen LogP contribution in [0.15, 0.2) is 42.5 Å². The highest BCUT2D eigenvalue weighted by molar-refractivity contribution is 5.72. The first-order valence-corrected chi connectivity index (χ1v) is 7.95. The van der Waals surface area contributed by atoms with Gasteiger partial charge in [-0.3, -0.25) is 9.69 Å². The van der Waals surface area contributed by atoms with Gasteiger partial charge in [0.15, 0.2) is 0 Å². The van der Waals surface area contributed by atoms with Crippen LogP contribution in [-0.4, -0.2) is 34.2 Å². The van der Waals surface area contributed by atoms with Gasteiger partial charge < -0.3 is 9.84 Å². The summed E-state index contributed by atoms with van der Waals surface area (Å²) in [5.74, 6) is -0.892. The maximum Gasteiger partial charge on any atom is 0.410 e. The Kier molecular flexibility index (Phi) is 6.20. The Morgan fingerprint density at radius 3 is 2.70 bits per heavy atom. The van der Waals surface area contributed by atoms with Gasteiger partial charge in [-0.2, -0.15) is 0 Å². The third-order valence-corrected chi connectivity index (χ3v) is 4.03. The smallest absolute Gasteiger partial charge is 0.410 e. The number of nitrogens with zero attached hydrogens (tertiary/aromatic N) is 1. The number of carboxylic acids is 1.